The molecule has 0 unspecified atom stereocenters. The highest BCUT2D eigenvalue weighted by Gasteiger charge is 2.15. The third kappa shape index (κ3) is 4.35. The topological polar surface area (TPSA) is 103 Å². The van der Waals surface area contributed by atoms with Crippen molar-refractivity contribution in [1.29, 1.82) is 0 Å². The van der Waals surface area contributed by atoms with Gasteiger partial charge in [-0.15, -0.1) is 15.3 Å². The highest BCUT2D eigenvalue weighted by molar-refractivity contribution is 5.96. The molecule has 0 radical (unpaired) electrons. The second-order valence-corrected chi connectivity index (χ2v) is 7.21. The van der Waals surface area contributed by atoms with E-state index >= 15 is 0 Å². The predicted octanol–water partition coefficient (Wildman–Crippen LogP) is 2.74. The molecule has 4 aromatic rings. The van der Waals surface area contributed by atoms with Gasteiger partial charge in [0.1, 0.15) is 6.33 Å². The number of benzene rings is 2. The van der Waals surface area contributed by atoms with Gasteiger partial charge in [0.05, 0.1) is 12.2 Å². The van der Waals surface area contributed by atoms with E-state index in [2.05, 4.69) is 31.0 Å². The van der Waals surface area contributed by atoms with Crippen LogP contribution >= 0.6 is 0 Å². The molecule has 1 amide bonds. The fraction of sp³-hybridized carbons (Fsp3) is 0.273. The summed E-state index contributed by atoms with van der Waals surface area (Å²) in [6.45, 7) is 7.07. The van der Waals surface area contributed by atoms with Crippen LogP contribution in [0.3, 0.4) is 0 Å². The van der Waals surface area contributed by atoms with Crippen LogP contribution in [0.5, 0.6) is 0 Å². The molecule has 2 aromatic heterocycles. The lowest BCUT2D eigenvalue weighted by Gasteiger charge is -2.12. The highest BCUT2D eigenvalue weighted by Crippen LogP contribution is 2.25. The zero-order valence-electron chi connectivity index (χ0n) is 17.8. The summed E-state index contributed by atoms with van der Waals surface area (Å²) in [7, 11) is 0. The van der Waals surface area contributed by atoms with E-state index in [1.54, 1.807) is 17.1 Å². The van der Waals surface area contributed by atoms with Crippen LogP contribution in [0.4, 0.5) is 0 Å². The van der Waals surface area contributed by atoms with Gasteiger partial charge >= 0.3 is 0 Å². The van der Waals surface area contributed by atoms with Crippen molar-refractivity contribution >= 4 is 5.91 Å². The van der Waals surface area contributed by atoms with Crippen LogP contribution in [-0.2, 0) is 19.5 Å². The Kier molecular flexibility index (Phi) is 5.83. The van der Waals surface area contributed by atoms with Crippen LogP contribution in [0.15, 0.2) is 48.8 Å². The molecule has 31 heavy (non-hydrogen) atoms. The summed E-state index contributed by atoms with van der Waals surface area (Å²) < 4.78 is 3.56. The van der Waals surface area contributed by atoms with Gasteiger partial charge < -0.3 is 9.88 Å². The van der Waals surface area contributed by atoms with E-state index in [0.29, 0.717) is 24.4 Å². The van der Waals surface area contributed by atoms with Crippen molar-refractivity contribution in [2.24, 2.45) is 0 Å². The minimum Gasteiger partial charge on any atom is -0.345 e. The Morgan fingerprint density at radius 3 is 2.55 bits per heavy atom. The normalized spacial score (nSPS) is 10.9. The number of carbonyl (C=O) groups excluding carboxylic acids is 1. The Bertz CT molecular complexity index is 1190. The van der Waals surface area contributed by atoms with Crippen molar-refractivity contribution in [3.05, 3.63) is 71.6 Å². The van der Waals surface area contributed by atoms with Crippen molar-refractivity contribution in [2.45, 2.75) is 40.3 Å². The first-order valence-electron chi connectivity index (χ1n) is 10.2. The second kappa shape index (κ2) is 8.86. The number of carbonyl (C=O) groups is 1. The fourth-order valence-electron chi connectivity index (χ4n) is 3.35. The lowest BCUT2D eigenvalue weighted by Crippen LogP contribution is -2.25. The van der Waals surface area contributed by atoms with E-state index in [9.17, 15) is 4.79 Å². The number of amides is 1. The number of tetrazole rings is 1. The molecule has 4 rings (SSSR count). The van der Waals surface area contributed by atoms with Gasteiger partial charge in [0.25, 0.3) is 5.91 Å². The Morgan fingerprint density at radius 1 is 1.00 bits per heavy atom. The van der Waals surface area contributed by atoms with Crippen LogP contribution in [-0.4, -0.2) is 40.9 Å². The molecule has 9 nitrogen and oxygen atoms in total. The monoisotopic (exact) mass is 416 g/mol. The summed E-state index contributed by atoms with van der Waals surface area (Å²) in [6, 6.07) is 13.9. The number of aromatic nitrogens is 7. The highest BCUT2D eigenvalue weighted by atomic mass is 16.1. The maximum absolute atomic E-state index is 13.0. The van der Waals surface area contributed by atoms with Gasteiger partial charge in [0, 0.05) is 18.5 Å². The van der Waals surface area contributed by atoms with E-state index in [-0.39, 0.29) is 5.91 Å². The van der Waals surface area contributed by atoms with Crippen molar-refractivity contribution in [3.8, 4) is 16.8 Å². The molecule has 1 N–H and O–H groups in total. The SMILES string of the molecule is CCc1nnnn1-c1cc(C(=O)NCc2nncn2CC)cc(-c2ccc(C)cc2)c1. The van der Waals surface area contributed by atoms with Crippen molar-refractivity contribution in [3.63, 3.8) is 0 Å². The molecule has 0 spiro atoms. The van der Waals surface area contributed by atoms with Gasteiger partial charge in [-0.25, -0.2) is 0 Å². The minimum absolute atomic E-state index is 0.202. The van der Waals surface area contributed by atoms with Gasteiger partial charge in [0.15, 0.2) is 11.6 Å². The zero-order chi connectivity index (χ0) is 21.8. The maximum Gasteiger partial charge on any atom is 0.251 e. The minimum atomic E-state index is -0.202. The molecule has 0 aliphatic carbocycles. The standard InChI is InChI=1S/C22H24N8O/c1-4-20-26-27-28-30(20)19-11-17(16-8-6-15(3)7-9-16)10-18(12-19)22(31)23-13-21-25-24-14-29(21)5-2/h6-12,14H,4-5,13H2,1-3H3,(H,23,31). The maximum atomic E-state index is 13.0. The number of rotatable bonds is 7. The van der Waals surface area contributed by atoms with E-state index in [4.69, 9.17) is 0 Å². The molecule has 158 valence electrons. The van der Waals surface area contributed by atoms with Crippen molar-refractivity contribution in [2.75, 3.05) is 0 Å². The van der Waals surface area contributed by atoms with Crippen LogP contribution in [0.2, 0.25) is 0 Å². The first-order valence-corrected chi connectivity index (χ1v) is 10.2. The van der Waals surface area contributed by atoms with Crippen LogP contribution < -0.4 is 5.32 Å². The summed E-state index contributed by atoms with van der Waals surface area (Å²) >= 11 is 0. The Balaban J connectivity index is 1.70. The summed E-state index contributed by atoms with van der Waals surface area (Å²) in [5.41, 5.74) is 4.36. The molecule has 0 atom stereocenters. The summed E-state index contributed by atoms with van der Waals surface area (Å²) in [5.74, 6) is 1.23. The summed E-state index contributed by atoms with van der Waals surface area (Å²) in [5, 5.41) is 22.9. The zero-order valence-corrected chi connectivity index (χ0v) is 17.8. The summed E-state index contributed by atoms with van der Waals surface area (Å²) in [6.07, 6.45) is 2.33. The van der Waals surface area contributed by atoms with Crippen LogP contribution in [0.25, 0.3) is 16.8 Å². The van der Waals surface area contributed by atoms with Crippen LogP contribution in [0, 0.1) is 6.92 Å². The number of aryl methyl sites for hydroxylation is 3. The first-order chi connectivity index (χ1) is 15.1. The van der Waals surface area contributed by atoms with Crippen LogP contribution in [0.1, 0.15) is 41.4 Å². The molecule has 0 saturated carbocycles. The molecule has 0 aliphatic heterocycles. The molecule has 0 saturated heterocycles. The van der Waals surface area contributed by atoms with Crippen molar-refractivity contribution in [1.82, 2.24) is 40.3 Å². The van der Waals surface area contributed by atoms with E-state index in [1.807, 2.05) is 61.7 Å². The fourth-order valence-corrected chi connectivity index (χ4v) is 3.35. The quantitative estimate of drug-likeness (QED) is 0.497. The number of nitrogens with zero attached hydrogens (tertiary/aromatic N) is 7. The first kappa shape index (κ1) is 20.4. The molecule has 2 heterocycles. The van der Waals surface area contributed by atoms with Gasteiger partial charge in [-0.2, -0.15) is 4.68 Å². The Labute approximate surface area is 180 Å². The lowest BCUT2D eigenvalue weighted by atomic mass is 10.0. The molecular weight excluding hydrogens is 392 g/mol. The molecule has 0 bridgehead atoms. The van der Waals surface area contributed by atoms with Gasteiger partial charge in [-0.3, -0.25) is 4.79 Å². The van der Waals surface area contributed by atoms with E-state index < -0.39 is 0 Å². The third-order valence-corrected chi connectivity index (χ3v) is 5.10. The number of hydrogen-bond donors (Lipinski definition) is 1. The van der Waals surface area contributed by atoms with Crippen molar-refractivity contribution < 1.29 is 4.79 Å². The molecule has 0 aliphatic rings. The molecule has 0 fully saturated rings. The average Bonchev–Trinajstić information content (AvgIpc) is 3.46. The molecule has 9 heteroatoms. The van der Waals surface area contributed by atoms with Gasteiger partial charge in [-0.1, -0.05) is 36.8 Å². The van der Waals surface area contributed by atoms with E-state index in [1.165, 1.54) is 5.56 Å². The third-order valence-electron chi connectivity index (χ3n) is 5.10. The smallest absolute Gasteiger partial charge is 0.251 e. The molecular formula is C22H24N8O. The lowest BCUT2D eigenvalue weighted by molar-refractivity contribution is 0.0949. The largest absolute Gasteiger partial charge is 0.345 e. The van der Waals surface area contributed by atoms with E-state index in [0.717, 1.165) is 29.2 Å². The summed E-state index contributed by atoms with van der Waals surface area (Å²) in [4.78, 5) is 13.0. The predicted molar refractivity (Wildman–Crippen MR) is 116 cm³/mol. The second-order valence-electron chi connectivity index (χ2n) is 7.21. The number of nitrogens with one attached hydrogen (secondary N) is 1. The molecule has 2 aromatic carbocycles. The number of hydrogen-bond acceptors (Lipinski definition) is 6. The average molecular weight is 416 g/mol. The van der Waals surface area contributed by atoms with Gasteiger partial charge in [-0.05, 0) is 53.6 Å². The van der Waals surface area contributed by atoms with Gasteiger partial charge in [0.2, 0.25) is 0 Å². The Morgan fingerprint density at radius 2 is 1.81 bits per heavy atom. The Hall–Kier alpha value is -3.88.